The Bertz CT molecular complexity index is 779. The Morgan fingerprint density at radius 1 is 1.05 bits per heavy atom. The highest BCUT2D eigenvalue weighted by molar-refractivity contribution is 5.70. The van der Waals surface area contributed by atoms with Gasteiger partial charge in [-0.3, -0.25) is 0 Å². The van der Waals surface area contributed by atoms with Crippen LogP contribution in [0.3, 0.4) is 0 Å². The third-order valence-electron chi connectivity index (χ3n) is 4.37. The monoisotopic (exact) mass is 289 g/mol. The third-order valence-corrected chi connectivity index (χ3v) is 4.37. The largest absolute Gasteiger partial charge is 0.312 e. The highest BCUT2D eigenvalue weighted by atomic mass is 15.3. The lowest BCUT2D eigenvalue weighted by atomic mass is 9.99. The van der Waals surface area contributed by atoms with Crippen LogP contribution in [-0.2, 0) is 13.0 Å². The van der Waals surface area contributed by atoms with Crippen molar-refractivity contribution < 1.29 is 0 Å². The molecule has 1 aliphatic rings. The van der Waals surface area contributed by atoms with E-state index in [1.807, 2.05) is 4.68 Å². The van der Waals surface area contributed by atoms with Crippen LogP contribution in [0.4, 0.5) is 0 Å². The minimum Gasteiger partial charge on any atom is -0.312 e. The average Bonchev–Trinajstić information content (AvgIpc) is 2.99. The van der Waals surface area contributed by atoms with Gasteiger partial charge in [0.1, 0.15) is 0 Å². The van der Waals surface area contributed by atoms with Crippen molar-refractivity contribution in [1.82, 2.24) is 15.1 Å². The van der Waals surface area contributed by atoms with Gasteiger partial charge in [-0.15, -0.1) is 0 Å². The number of hydrogen-bond acceptors (Lipinski definition) is 2. The number of fused-ring (bicyclic) bond motifs is 1. The lowest BCUT2D eigenvalue weighted by molar-refractivity contribution is 0.635. The fourth-order valence-corrected chi connectivity index (χ4v) is 3.16. The first-order valence-electron chi connectivity index (χ1n) is 7.76. The van der Waals surface area contributed by atoms with E-state index in [4.69, 9.17) is 5.10 Å². The molecular weight excluding hydrogens is 270 g/mol. The van der Waals surface area contributed by atoms with Gasteiger partial charge in [-0.05, 0) is 29.7 Å². The van der Waals surface area contributed by atoms with E-state index < -0.39 is 0 Å². The Hall–Kier alpha value is -2.39. The van der Waals surface area contributed by atoms with Gasteiger partial charge in [0.15, 0.2) is 0 Å². The molecule has 110 valence electrons. The number of rotatable bonds is 2. The minimum atomic E-state index is 0.923. The maximum atomic E-state index is 4.79. The standard InChI is InChI=1S/C19H19N3/c1-14-17(15-6-3-2-4-7-15)8-5-9-19(14)22-13-16-12-20-11-10-18(16)21-22/h2-9,13,20H,10-12H2,1H3. The predicted molar refractivity (Wildman–Crippen MR) is 89.1 cm³/mol. The van der Waals surface area contributed by atoms with Gasteiger partial charge in [0.05, 0.1) is 11.4 Å². The molecule has 0 saturated carbocycles. The first kappa shape index (κ1) is 13.3. The molecule has 0 fully saturated rings. The number of hydrogen-bond donors (Lipinski definition) is 1. The lowest BCUT2D eigenvalue weighted by Gasteiger charge is -2.11. The van der Waals surface area contributed by atoms with Crippen LogP contribution >= 0.6 is 0 Å². The summed E-state index contributed by atoms with van der Waals surface area (Å²) in [4.78, 5) is 0. The third kappa shape index (κ3) is 2.24. The van der Waals surface area contributed by atoms with Crippen LogP contribution in [0.25, 0.3) is 16.8 Å². The van der Waals surface area contributed by atoms with Crippen LogP contribution in [0.15, 0.2) is 54.7 Å². The van der Waals surface area contributed by atoms with E-state index >= 15 is 0 Å². The van der Waals surface area contributed by atoms with Crippen molar-refractivity contribution in [2.45, 2.75) is 19.9 Å². The van der Waals surface area contributed by atoms with E-state index in [1.54, 1.807) is 0 Å². The number of aromatic nitrogens is 2. The zero-order chi connectivity index (χ0) is 14.9. The molecule has 22 heavy (non-hydrogen) atoms. The van der Waals surface area contributed by atoms with Crippen LogP contribution in [0.5, 0.6) is 0 Å². The van der Waals surface area contributed by atoms with Crippen molar-refractivity contribution >= 4 is 0 Å². The van der Waals surface area contributed by atoms with Crippen molar-refractivity contribution in [2.24, 2.45) is 0 Å². The van der Waals surface area contributed by atoms with E-state index in [9.17, 15) is 0 Å². The van der Waals surface area contributed by atoms with Gasteiger partial charge in [-0.1, -0.05) is 42.5 Å². The fourth-order valence-electron chi connectivity index (χ4n) is 3.16. The second kappa shape index (κ2) is 5.43. The molecule has 1 N–H and O–H groups in total. The maximum absolute atomic E-state index is 4.79. The molecule has 3 nitrogen and oxygen atoms in total. The second-order valence-electron chi connectivity index (χ2n) is 5.79. The SMILES string of the molecule is Cc1c(-c2ccccc2)cccc1-n1cc2c(n1)CCNC2. The summed E-state index contributed by atoms with van der Waals surface area (Å²) >= 11 is 0. The number of nitrogens with one attached hydrogen (secondary N) is 1. The van der Waals surface area contributed by atoms with Crippen molar-refractivity contribution in [3.05, 3.63) is 71.5 Å². The van der Waals surface area contributed by atoms with Gasteiger partial charge in [0.25, 0.3) is 0 Å². The molecular formula is C19H19N3. The first-order chi connectivity index (χ1) is 10.8. The van der Waals surface area contributed by atoms with Crippen molar-refractivity contribution in [3.8, 4) is 16.8 Å². The van der Waals surface area contributed by atoms with Crippen molar-refractivity contribution in [1.29, 1.82) is 0 Å². The van der Waals surface area contributed by atoms with Gasteiger partial charge < -0.3 is 5.32 Å². The van der Waals surface area contributed by atoms with E-state index in [2.05, 4.69) is 67.0 Å². The van der Waals surface area contributed by atoms with Gasteiger partial charge in [-0.2, -0.15) is 5.10 Å². The summed E-state index contributed by atoms with van der Waals surface area (Å²) in [6.45, 7) is 4.12. The molecule has 2 heterocycles. The highest BCUT2D eigenvalue weighted by Crippen LogP contribution is 2.28. The molecule has 0 amide bonds. The smallest absolute Gasteiger partial charge is 0.0686 e. The van der Waals surface area contributed by atoms with Gasteiger partial charge in [-0.25, -0.2) is 4.68 Å². The molecule has 3 aromatic rings. The van der Waals surface area contributed by atoms with Crippen molar-refractivity contribution in [2.75, 3.05) is 6.54 Å². The Morgan fingerprint density at radius 3 is 2.73 bits per heavy atom. The second-order valence-corrected chi connectivity index (χ2v) is 5.79. The fraction of sp³-hybridized carbons (Fsp3) is 0.211. The van der Waals surface area contributed by atoms with Gasteiger partial charge in [0.2, 0.25) is 0 Å². The van der Waals surface area contributed by atoms with E-state index in [0.717, 1.165) is 25.2 Å². The summed E-state index contributed by atoms with van der Waals surface area (Å²) < 4.78 is 2.04. The van der Waals surface area contributed by atoms with Crippen LogP contribution in [0, 0.1) is 6.92 Å². The normalized spacial score (nSPS) is 13.9. The molecule has 0 saturated heterocycles. The molecule has 0 aliphatic carbocycles. The molecule has 1 aliphatic heterocycles. The quantitative estimate of drug-likeness (QED) is 0.782. The van der Waals surface area contributed by atoms with Crippen LogP contribution in [0.1, 0.15) is 16.8 Å². The van der Waals surface area contributed by atoms with Crippen LogP contribution in [-0.4, -0.2) is 16.3 Å². The molecule has 3 heteroatoms. The molecule has 1 aromatic heterocycles. The molecule has 2 aromatic carbocycles. The number of nitrogens with zero attached hydrogens (tertiary/aromatic N) is 2. The van der Waals surface area contributed by atoms with E-state index in [-0.39, 0.29) is 0 Å². The minimum absolute atomic E-state index is 0.923. The Morgan fingerprint density at radius 2 is 1.91 bits per heavy atom. The maximum Gasteiger partial charge on any atom is 0.0686 e. The summed E-state index contributed by atoms with van der Waals surface area (Å²) in [5.74, 6) is 0. The topological polar surface area (TPSA) is 29.9 Å². The van der Waals surface area contributed by atoms with Crippen molar-refractivity contribution in [3.63, 3.8) is 0 Å². The Kier molecular flexibility index (Phi) is 3.28. The average molecular weight is 289 g/mol. The van der Waals surface area contributed by atoms with Crippen LogP contribution < -0.4 is 5.32 Å². The van der Waals surface area contributed by atoms with Crippen LogP contribution in [0.2, 0.25) is 0 Å². The molecule has 4 rings (SSSR count). The molecule has 0 atom stereocenters. The zero-order valence-electron chi connectivity index (χ0n) is 12.7. The summed E-state index contributed by atoms with van der Waals surface area (Å²) in [7, 11) is 0. The summed E-state index contributed by atoms with van der Waals surface area (Å²) in [6.07, 6.45) is 3.18. The summed E-state index contributed by atoms with van der Waals surface area (Å²) in [5, 5.41) is 8.20. The van der Waals surface area contributed by atoms with E-state index in [0.29, 0.717) is 0 Å². The number of benzene rings is 2. The lowest BCUT2D eigenvalue weighted by Crippen LogP contribution is -2.22. The zero-order valence-corrected chi connectivity index (χ0v) is 12.7. The molecule has 0 spiro atoms. The molecule has 0 radical (unpaired) electrons. The molecule has 0 bridgehead atoms. The predicted octanol–water partition coefficient (Wildman–Crippen LogP) is 3.49. The van der Waals surface area contributed by atoms with Gasteiger partial charge in [0, 0.05) is 31.3 Å². The Balaban J connectivity index is 1.81. The summed E-state index contributed by atoms with van der Waals surface area (Å²) in [6, 6.07) is 17.0. The highest BCUT2D eigenvalue weighted by Gasteiger charge is 2.15. The van der Waals surface area contributed by atoms with E-state index in [1.165, 1.54) is 27.9 Å². The summed E-state index contributed by atoms with van der Waals surface area (Å²) in [5.41, 5.74) is 7.49. The molecule has 0 unspecified atom stereocenters. The first-order valence-corrected chi connectivity index (χ1v) is 7.76. The van der Waals surface area contributed by atoms with Gasteiger partial charge >= 0.3 is 0 Å². The Labute approximate surface area is 130 Å².